The van der Waals surface area contributed by atoms with Gasteiger partial charge in [0.1, 0.15) is 23.6 Å². The molecule has 0 radical (unpaired) electrons. The molecule has 1 aromatic heterocycles. The van der Waals surface area contributed by atoms with Gasteiger partial charge in [-0.15, -0.1) is 0 Å². The number of imidazole rings is 1. The fourth-order valence-electron chi connectivity index (χ4n) is 3.44. The number of benzene rings is 2. The Hall–Kier alpha value is -3.79. The number of carbonyl (C=O) groups is 1. The minimum atomic E-state index is -0.179. The molecule has 0 fully saturated rings. The van der Waals surface area contributed by atoms with Crippen molar-refractivity contribution in [3.05, 3.63) is 65.6 Å². The van der Waals surface area contributed by atoms with E-state index < -0.39 is 0 Å². The summed E-state index contributed by atoms with van der Waals surface area (Å²) in [7, 11) is 3.18. The lowest BCUT2D eigenvalue weighted by molar-refractivity contribution is -0.116. The second-order valence-electron chi connectivity index (χ2n) is 6.42. The van der Waals surface area contributed by atoms with E-state index in [1.165, 1.54) is 0 Å². The molecule has 1 aliphatic heterocycles. The third-order valence-corrected chi connectivity index (χ3v) is 4.86. The summed E-state index contributed by atoms with van der Waals surface area (Å²) in [6, 6.07) is 14.8. The molecule has 1 N–H and O–H groups in total. The summed E-state index contributed by atoms with van der Waals surface area (Å²) in [6.45, 7) is 0. The largest absolute Gasteiger partial charge is 0.497 e. The van der Waals surface area contributed by atoms with Crippen LogP contribution in [0.25, 0.3) is 5.69 Å². The Morgan fingerprint density at radius 1 is 1.18 bits per heavy atom. The van der Waals surface area contributed by atoms with E-state index in [0.717, 1.165) is 16.9 Å². The quantitative estimate of drug-likeness (QED) is 0.757. The van der Waals surface area contributed by atoms with Crippen LogP contribution in [0.5, 0.6) is 11.5 Å². The van der Waals surface area contributed by atoms with Crippen LogP contribution < -0.4 is 14.8 Å². The smallest absolute Gasteiger partial charge is 0.226 e. The minimum Gasteiger partial charge on any atom is -0.497 e. The van der Waals surface area contributed by atoms with Crippen molar-refractivity contribution in [2.24, 2.45) is 0 Å². The average Bonchev–Trinajstić information content (AvgIpc) is 3.16. The molecule has 4 rings (SSSR count). The normalized spacial score (nSPS) is 15.3. The maximum atomic E-state index is 12.4. The summed E-state index contributed by atoms with van der Waals surface area (Å²) >= 11 is 0. The molecule has 0 unspecified atom stereocenters. The van der Waals surface area contributed by atoms with Gasteiger partial charge in [-0.05, 0) is 29.8 Å². The fraction of sp³-hybridized carbons (Fsp3) is 0.190. The van der Waals surface area contributed by atoms with Gasteiger partial charge in [-0.2, -0.15) is 5.26 Å². The minimum absolute atomic E-state index is 0.0870. The van der Waals surface area contributed by atoms with E-state index in [9.17, 15) is 4.79 Å². The summed E-state index contributed by atoms with van der Waals surface area (Å²) in [5.41, 5.74) is 3.06. The van der Waals surface area contributed by atoms with Crippen molar-refractivity contribution in [1.29, 1.82) is 5.26 Å². The van der Waals surface area contributed by atoms with Gasteiger partial charge in [0, 0.05) is 18.4 Å². The molecule has 7 heteroatoms. The number of ether oxygens (including phenoxy) is 2. The lowest BCUT2D eigenvalue weighted by Gasteiger charge is -2.24. The number of aromatic nitrogens is 2. The Bertz CT molecular complexity index is 1080. The Labute approximate surface area is 162 Å². The molecule has 2 heterocycles. The zero-order chi connectivity index (χ0) is 19.7. The first-order valence-corrected chi connectivity index (χ1v) is 8.74. The summed E-state index contributed by atoms with van der Waals surface area (Å²) < 4.78 is 12.6. The predicted octanol–water partition coefficient (Wildman–Crippen LogP) is 3.24. The monoisotopic (exact) mass is 374 g/mol. The topological polar surface area (TPSA) is 89.2 Å². The van der Waals surface area contributed by atoms with Crippen LogP contribution in [0.4, 0.5) is 5.82 Å². The van der Waals surface area contributed by atoms with E-state index in [0.29, 0.717) is 29.3 Å². The highest BCUT2D eigenvalue weighted by molar-refractivity contribution is 5.94. The van der Waals surface area contributed by atoms with Crippen LogP contribution in [0.2, 0.25) is 0 Å². The number of nitrogens with zero attached hydrogens (tertiary/aromatic N) is 3. The highest BCUT2D eigenvalue weighted by atomic mass is 16.5. The number of hydrogen-bond acceptors (Lipinski definition) is 5. The third-order valence-electron chi connectivity index (χ3n) is 4.86. The molecule has 1 aliphatic rings. The fourth-order valence-corrected chi connectivity index (χ4v) is 3.44. The number of carbonyl (C=O) groups excluding carboxylic acids is 1. The molecule has 3 aromatic rings. The lowest BCUT2D eigenvalue weighted by atomic mass is 9.89. The van der Waals surface area contributed by atoms with Crippen molar-refractivity contribution in [2.75, 3.05) is 19.5 Å². The van der Waals surface area contributed by atoms with Gasteiger partial charge in [-0.1, -0.05) is 12.1 Å². The average molecular weight is 374 g/mol. The van der Waals surface area contributed by atoms with Crippen LogP contribution in [-0.4, -0.2) is 29.7 Å². The van der Waals surface area contributed by atoms with Crippen molar-refractivity contribution in [2.45, 2.75) is 12.3 Å². The number of nitriles is 1. The first-order chi connectivity index (χ1) is 13.6. The summed E-state index contributed by atoms with van der Waals surface area (Å²) in [5, 5.41) is 11.9. The van der Waals surface area contributed by atoms with E-state index >= 15 is 0 Å². The molecule has 1 amide bonds. The van der Waals surface area contributed by atoms with Crippen molar-refractivity contribution in [3.8, 4) is 23.3 Å². The van der Waals surface area contributed by atoms with Crippen LogP contribution in [0.3, 0.4) is 0 Å². The van der Waals surface area contributed by atoms with Gasteiger partial charge in [0.05, 0.1) is 37.2 Å². The molecule has 0 aliphatic carbocycles. The Morgan fingerprint density at radius 2 is 1.96 bits per heavy atom. The van der Waals surface area contributed by atoms with Gasteiger partial charge in [-0.25, -0.2) is 4.98 Å². The predicted molar refractivity (Wildman–Crippen MR) is 103 cm³/mol. The molecule has 28 heavy (non-hydrogen) atoms. The number of hydrogen-bond donors (Lipinski definition) is 1. The molecule has 1 atom stereocenters. The van der Waals surface area contributed by atoms with Gasteiger partial charge >= 0.3 is 0 Å². The van der Waals surface area contributed by atoms with E-state index in [-0.39, 0.29) is 11.8 Å². The molecular weight excluding hydrogens is 356 g/mol. The first-order valence-electron chi connectivity index (χ1n) is 8.74. The van der Waals surface area contributed by atoms with Crippen molar-refractivity contribution >= 4 is 11.7 Å². The van der Waals surface area contributed by atoms with Crippen LogP contribution in [-0.2, 0) is 4.79 Å². The number of amides is 1. The number of rotatable bonds is 4. The van der Waals surface area contributed by atoms with E-state index in [2.05, 4.69) is 16.4 Å². The third kappa shape index (κ3) is 2.95. The zero-order valence-corrected chi connectivity index (χ0v) is 15.5. The van der Waals surface area contributed by atoms with Gasteiger partial charge in [-0.3, -0.25) is 9.36 Å². The molecule has 0 spiro atoms. The number of nitrogens with one attached hydrogen (secondary N) is 1. The molecule has 7 nitrogen and oxygen atoms in total. The van der Waals surface area contributed by atoms with Gasteiger partial charge < -0.3 is 14.8 Å². The first kappa shape index (κ1) is 17.6. The van der Waals surface area contributed by atoms with Gasteiger partial charge in [0.25, 0.3) is 0 Å². The van der Waals surface area contributed by atoms with E-state index in [1.54, 1.807) is 43.3 Å². The molecule has 2 aromatic carbocycles. The number of methoxy groups -OCH3 is 2. The number of fused-ring (bicyclic) bond motifs is 1. The summed E-state index contributed by atoms with van der Waals surface area (Å²) in [4.78, 5) is 17.0. The van der Waals surface area contributed by atoms with E-state index in [4.69, 9.17) is 14.7 Å². The molecule has 0 bridgehead atoms. The van der Waals surface area contributed by atoms with Crippen LogP contribution in [0.15, 0.2) is 48.8 Å². The SMILES string of the molecule is COc1ccc(-n2cnc3c2NC(=O)C[C@@H]3c2ccc(C#N)cc2)c(OC)c1. The van der Waals surface area contributed by atoms with E-state index in [1.807, 2.05) is 24.3 Å². The van der Waals surface area contributed by atoms with Crippen LogP contribution >= 0.6 is 0 Å². The second-order valence-corrected chi connectivity index (χ2v) is 6.42. The van der Waals surface area contributed by atoms with Gasteiger partial charge in [0.15, 0.2) is 0 Å². The lowest BCUT2D eigenvalue weighted by Crippen LogP contribution is -2.25. The Morgan fingerprint density at radius 3 is 2.64 bits per heavy atom. The standard InChI is InChI=1S/C21H18N4O3/c1-27-15-7-8-17(18(9-15)28-2)25-12-23-20-16(10-19(26)24-21(20)25)14-5-3-13(11-22)4-6-14/h3-9,12,16H,10H2,1-2H3,(H,24,26)/t16-/m1/s1. The van der Waals surface area contributed by atoms with Gasteiger partial charge in [0.2, 0.25) is 5.91 Å². The van der Waals surface area contributed by atoms with Crippen molar-refractivity contribution in [1.82, 2.24) is 9.55 Å². The Kier molecular flexibility index (Phi) is 4.45. The van der Waals surface area contributed by atoms with Crippen molar-refractivity contribution in [3.63, 3.8) is 0 Å². The zero-order valence-electron chi connectivity index (χ0n) is 15.5. The molecule has 140 valence electrons. The summed E-state index contributed by atoms with van der Waals surface area (Å²) in [6.07, 6.45) is 1.98. The second kappa shape index (κ2) is 7.08. The molecule has 0 saturated heterocycles. The van der Waals surface area contributed by atoms with Crippen molar-refractivity contribution < 1.29 is 14.3 Å². The van der Waals surface area contributed by atoms with Crippen LogP contribution in [0, 0.1) is 11.3 Å². The number of anilines is 1. The van der Waals surface area contributed by atoms with Crippen LogP contribution in [0.1, 0.15) is 29.2 Å². The molecule has 0 saturated carbocycles. The summed E-state index contributed by atoms with van der Waals surface area (Å²) in [5.74, 6) is 1.63. The highest BCUT2D eigenvalue weighted by Crippen LogP contribution is 2.39. The Balaban J connectivity index is 1.80. The molecular formula is C21H18N4O3. The maximum absolute atomic E-state index is 12.4. The maximum Gasteiger partial charge on any atom is 0.226 e. The highest BCUT2D eigenvalue weighted by Gasteiger charge is 2.31.